The molecule has 0 fully saturated rings. The first-order valence-corrected chi connectivity index (χ1v) is 8.75. The number of carbonyl (C=O) groups is 1. The number of thiophene rings is 1. The molecule has 0 saturated heterocycles. The molecule has 0 radical (unpaired) electrons. The number of nitrogens with zero attached hydrogens (tertiary/aromatic N) is 3. The van der Waals surface area contributed by atoms with Gasteiger partial charge in [-0.15, -0.1) is 11.3 Å². The van der Waals surface area contributed by atoms with Crippen LogP contribution >= 0.6 is 11.3 Å². The minimum atomic E-state index is -0.209. The van der Waals surface area contributed by atoms with Gasteiger partial charge in [0.1, 0.15) is 12.1 Å². The molecule has 7 heteroatoms. The van der Waals surface area contributed by atoms with Gasteiger partial charge in [-0.3, -0.25) is 9.59 Å². The Kier molecular flexibility index (Phi) is 3.85. The lowest BCUT2D eigenvalue weighted by molar-refractivity contribution is -0.121. The number of benzene rings is 1. The van der Waals surface area contributed by atoms with E-state index in [1.165, 1.54) is 4.68 Å². The average Bonchev–Trinajstić information content (AvgIpc) is 3.24. The minimum Gasteiger partial charge on any atom is -0.350 e. The predicted octanol–water partition coefficient (Wildman–Crippen LogP) is 2.27. The van der Waals surface area contributed by atoms with Crippen molar-refractivity contribution in [2.75, 3.05) is 0 Å². The van der Waals surface area contributed by atoms with Gasteiger partial charge < -0.3 is 9.88 Å². The van der Waals surface area contributed by atoms with E-state index in [9.17, 15) is 9.59 Å². The second kappa shape index (κ2) is 6.18. The Hall–Kier alpha value is -2.93. The number of hydrogen-bond acceptors (Lipinski definition) is 4. The molecule has 0 aliphatic carbocycles. The Morgan fingerprint density at radius 2 is 2.04 bits per heavy atom. The maximum absolute atomic E-state index is 12.6. The van der Waals surface area contributed by atoms with Crippen molar-refractivity contribution in [2.24, 2.45) is 7.05 Å². The summed E-state index contributed by atoms with van der Waals surface area (Å²) in [6.07, 6.45) is 1.68. The number of carbonyl (C=O) groups excluding carboxylic acids is 1. The summed E-state index contributed by atoms with van der Waals surface area (Å²) in [4.78, 5) is 26.1. The van der Waals surface area contributed by atoms with Gasteiger partial charge in [0.2, 0.25) is 5.91 Å². The lowest BCUT2D eigenvalue weighted by atomic mass is 10.2. The lowest BCUT2D eigenvalue weighted by Crippen LogP contribution is -2.28. The fourth-order valence-corrected chi connectivity index (χ4v) is 3.65. The molecule has 4 aromatic rings. The van der Waals surface area contributed by atoms with Crippen molar-refractivity contribution < 1.29 is 4.79 Å². The van der Waals surface area contributed by atoms with Gasteiger partial charge >= 0.3 is 0 Å². The average molecular weight is 352 g/mol. The highest BCUT2D eigenvalue weighted by Crippen LogP contribution is 2.25. The van der Waals surface area contributed by atoms with Crippen molar-refractivity contribution in [3.05, 3.63) is 63.2 Å². The van der Waals surface area contributed by atoms with Crippen LogP contribution in [0.2, 0.25) is 0 Å². The second-order valence-corrected chi connectivity index (χ2v) is 6.83. The van der Waals surface area contributed by atoms with Gasteiger partial charge in [0.15, 0.2) is 0 Å². The van der Waals surface area contributed by atoms with Gasteiger partial charge in [-0.2, -0.15) is 5.10 Å². The van der Waals surface area contributed by atoms with Gasteiger partial charge in [0.25, 0.3) is 5.56 Å². The number of amides is 1. The van der Waals surface area contributed by atoms with Crippen LogP contribution in [0.3, 0.4) is 0 Å². The van der Waals surface area contributed by atoms with E-state index in [-0.39, 0.29) is 18.0 Å². The molecule has 0 unspecified atom stereocenters. The van der Waals surface area contributed by atoms with Crippen LogP contribution in [-0.4, -0.2) is 20.3 Å². The molecule has 0 spiro atoms. The summed E-state index contributed by atoms with van der Waals surface area (Å²) >= 11 is 1.60. The smallest absolute Gasteiger partial charge is 0.291 e. The van der Waals surface area contributed by atoms with E-state index in [2.05, 4.69) is 10.4 Å². The molecule has 0 saturated carbocycles. The molecule has 0 bridgehead atoms. The van der Waals surface area contributed by atoms with Crippen LogP contribution in [0.4, 0.5) is 0 Å². The Morgan fingerprint density at radius 1 is 1.20 bits per heavy atom. The maximum Gasteiger partial charge on any atom is 0.291 e. The third kappa shape index (κ3) is 2.72. The lowest BCUT2D eigenvalue weighted by Gasteiger charge is -2.08. The Labute approximate surface area is 147 Å². The molecule has 1 amide bonds. The molecule has 3 heterocycles. The number of hydrogen-bond donors (Lipinski definition) is 1. The monoisotopic (exact) mass is 352 g/mol. The van der Waals surface area contributed by atoms with Gasteiger partial charge in [0, 0.05) is 28.2 Å². The Balaban J connectivity index is 1.75. The maximum atomic E-state index is 12.6. The molecule has 4 rings (SSSR count). The number of nitrogens with one attached hydrogen (secondary N) is 1. The van der Waals surface area contributed by atoms with E-state index in [0.717, 1.165) is 21.2 Å². The fraction of sp³-hybridized carbons (Fsp3) is 0.167. The molecule has 0 aliphatic rings. The molecule has 126 valence electrons. The third-order valence-electron chi connectivity index (χ3n) is 4.21. The van der Waals surface area contributed by atoms with Crippen molar-refractivity contribution >= 4 is 39.0 Å². The fourth-order valence-electron chi connectivity index (χ4n) is 3.00. The van der Waals surface area contributed by atoms with Crippen molar-refractivity contribution in [3.8, 4) is 0 Å². The third-order valence-corrected chi connectivity index (χ3v) is 5.08. The van der Waals surface area contributed by atoms with E-state index < -0.39 is 0 Å². The van der Waals surface area contributed by atoms with E-state index >= 15 is 0 Å². The van der Waals surface area contributed by atoms with Gasteiger partial charge in [-0.25, -0.2) is 4.68 Å². The Bertz CT molecular complexity index is 1130. The number of aromatic nitrogens is 3. The summed E-state index contributed by atoms with van der Waals surface area (Å²) in [5.41, 5.74) is 1.15. The summed E-state index contributed by atoms with van der Waals surface area (Å²) in [5, 5.41) is 10.7. The van der Waals surface area contributed by atoms with Crippen molar-refractivity contribution in [2.45, 2.75) is 13.1 Å². The predicted molar refractivity (Wildman–Crippen MR) is 98.6 cm³/mol. The van der Waals surface area contributed by atoms with Crippen molar-refractivity contribution in [1.29, 1.82) is 0 Å². The topological polar surface area (TPSA) is 68.9 Å². The van der Waals surface area contributed by atoms with E-state index in [0.29, 0.717) is 12.1 Å². The summed E-state index contributed by atoms with van der Waals surface area (Å²) in [6, 6.07) is 11.6. The molecule has 0 aliphatic heterocycles. The highest BCUT2D eigenvalue weighted by molar-refractivity contribution is 7.09. The number of fused-ring (bicyclic) bond motifs is 3. The van der Waals surface area contributed by atoms with Crippen LogP contribution in [0, 0.1) is 0 Å². The first-order valence-electron chi connectivity index (χ1n) is 7.87. The van der Waals surface area contributed by atoms with Crippen LogP contribution in [0.1, 0.15) is 4.88 Å². The molecule has 6 nitrogen and oxygen atoms in total. The molecule has 1 aromatic carbocycles. The first-order chi connectivity index (χ1) is 12.1. The summed E-state index contributed by atoms with van der Waals surface area (Å²) in [5.74, 6) is -0.130. The largest absolute Gasteiger partial charge is 0.350 e. The quantitative estimate of drug-likeness (QED) is 0.613. The SMILES string of the molecule is Cn1ncc2c3ccccc3n(CC(=O)NCc3cccs3)c2c1=O. The van der Waals surface area contributed by atoms with Crippen molar-refractivity contribution in [3.63, 3.8) is 0 Å². The normalized spacial score (nSPS) is 11.2. The van der Waals surface area contributed by atoms with Crippen LogP contribution in [-0.2, 0) is 24.9 Å². The van der Waals surface area contributed by atoms with E-state index in [4.69, 9.17) is 0 Å². The summed E-state index contributed by atoms with van der Waals surface area (Å²) in [7, 11) is 1.61. The molecule has 1 N–H and O–H groups in total. The standard InChI is InChI=1S/C18H16N4O2S/c1-21-18(24)17-14(10-20-21)13-6-2-3-7-15(13)22(17)11-16(23)19-9-12-5-4-8-25-12/h2-8,10H,9,11H2,1H3,(H,19,23). The zero-order valence-electron chi connectivity index (χ0n) is 13.6. The van der Waals surface area contributed by atoms with Crippen LogP contribution in [0.25, 0.3) is 21.8 Å². The Morgan fingerprint density at radius 3 is 2.84 bits per heavy atom. The molecule has 3 aromatic heterocycles. The molecule has 0 atom stereocenters. The zero-order valence-corrected chi connectivity index (χ0v) is 14.4. The molecule has 25 heavy (non-hydrogen) atoms. The van der Waals surface area contributed by atoms with Crippen molar-refractivity contribution in [1.82, 2.24) is 19.7 Å². The number of aryl methyl sites for hydroxylation is 1. The highest BCUT2D eigenvalue weighted by atomic mass is 32.1. The van der Waals surface area contributed by atoms with Crippen LogP contribution in [0.5, 0.6) is 0 Å². The zero-order chi connectivity index (χ0) is 17.4. The molecular formula is C18H16N4O2S. The number of para-hydroxylation sites is 1. The van der Waals surface area contributed by atoms with Crippen LogP contribution < -0.4 is 10.9 Å². The second-order valence-electron chi connectivity index (χ2n) is 5.79. The van der Waals surface area contributed by atoms with Gasteiger partial charge in [-0.05, 0) is 17.5 Å². The number of rotatable bonds is 4. The first kappa shape index (κ1) is 15.6. The summed E-state index contributed by atoms with van der Waals surface area (Å²) in [6.45, 7) is 0.585. The van der Waals surface area contributed by atoms with E-state index in [1.807, 2.05) is 41.8 Å². The highest BCUT2D eigenvalue weighted by Gasteiger charge is 2.16. The minimum absolute atomic E-state index is 0.0919. The van der Waals surface area contributed by atoms with E-state index in [1.54, 1.807) is 29.1 Å². The molecular weight excluding hydrogens is 336 g/mol. The summed E-state index contributed by atoms with van der Waals surface area (Å²) < 4.78 is 3.07. The van der Waals surface area contributed by atoms with Crippen LogP contribution in [0.15, 0.2) is 52.8 Å². The van der Waals surface area contributed by atoms with Gasteiger partial charge in [0.05, 0.1) is 12.7 Å². The van der Waals surface area contributed by atoms with Gasteiger partial charge in [-0.1, -0.05) is 24.3 Å².